The fourth-order valence-electron chi connectivity index (χ4n) is 2.73. The number of pyridine rings is 2. The van der Waals surface area contributed by atoms with Crippen molar-refractivity contribution in [3.63, 3.8) is 0 Å². The van der Waals surface area contributed by atoms with Gasteiger partial charge < -0.3 is 10.6 Å². The van der Waals surface area contributed by atoms with E-state index in [2.05, 4.69) is 20.6 Å². The van der Waals surface area contributed by atoms with E-state index in [4.69, 9.17) is 0 Å². The van der Waals surface area contributed by atoms with Gasteiger partial charge in [0.1, 0.15) is 23.9 Å². The lowest BCUT2D eigenvalue weighted by Gasteiger charge is -2.19. The van der Waals surface area contributed by atoms with Gasteiger partial charge in [-0.25, -0.2) is 8.78 Å². The molecule has 2 N–H and O–H groups in total. The van der Waals surface area contributed by atoms with Crippen LogP contribution in [0, 0.1) is 5.82 Å². The first kappa shape index (κ1) is 20.1. The van der Waals surface area contributed by atoms with Gasteiger partial charge in [0.05, 0.1) is 11.6 Å². The molecule has 2 heterocycles. The minimum Gasteiger partial charge on any atom is -0.355 e. The van der Waals surface area contributed by atoms with Crippen molar-refractivity contribution in [3.05, 3.63) is 94.8 Å². The number of aromatic nitrogens is 2. The molecule has 0 fully saturated rings. The summed E-state index contributed by atoms with van der Waals surface area (Å²) in [4.78, 5) is 32.4. The van der Waals surface area contributed by atoms with Crippen molar-refractivity contribution >= 4 is 11.8 Å². The minimum atomic E-state index is -0.905. The third kappa shape index (κ3) is 4.60. The average Bonchev–Trinajstić information content (AvgIpc) is 2.77. The highest BCUT2D eigenvalue weighted by Gasteiger charge is 2.23. The van der Waals surface area contributed by atoms with Gasteiger partial charge in [0, 0.05) is 19.4 Å². The van der Waals surface area contributed by atoms with Gasteiger partial charge >= 0.3 is 0 Å². The molecular formula is C21H18F2N4O2. The van der Waals surface area contributed by atoms with E-state index in [-0.39, 0.29) is 17.3 Å². The van der Waals surface area contributed by atoms with E-state index in [1.807, 2.05) is 0 Å². The van der Waals surface area contributed by atoms with Crippen LogP contribution in [-0.2, 0) is 6.67 Å². The number of carbonyl (C=O) groups is 2. The molecule has 0 saturated heterocycles. The van der Waals surface area contributed by atoms with Gasteiger partial charge in [0.15, 0.2) is 0 Å². The zero-order chi connectivity index (χ0) is 20.8. The van der Waals surface area contributed by atoms with Crippen LogP contribution in [-0.4, -0.2) is 28.8 Å². The second kappa shape index (κ2) is 9.01. The highest BCUT2D eigenvalue weighted by Crippen LogP contribution is 2.24. The normalized spacial score (nSPS) is 11.6. The quantitative estimate of drug-likeness (QED) is 0.671. The molecule has 148 valence electrons. The second-order valence-corrected chi connectivity index (χ2v) is 6.16. The summed E-state index contributed by atoms with van der Waals surface area (Å²) in [6, 6.07) is 11.0. The van der Waals surface area contributed by atoms with E-state index < -0.39 is 24.4 Å². The lowest BCUT2D eigenvalue weighted by Crippen LogP contribution is -2.31. The Labute approximate surface area is 166 Å². The second-order valence-electron chi connectivity index (χ2n) is 6.16. The van der Waals surface area contributed by atoms with Crippen molar-refractivity contribution in [3.8, 4) is 0 Å². The summed E-state index contributed by atoms with van der Waals surface area (Å²) < 4.78 is 27.2. The maximum atomic E-state index is 14.4. The summed E-state index contributed by atoms with van der Waals surface area (Å²) in [6.45, 7) is -0.628. The third-order valence-corrected chi connectivity index (χ3v) is 4.29. The van der Waals surface area contributed by atoms with Gasteiger partial charge in [0.2, 0.25) is 0 Å². The van der Waals surface area contributed by atoms with Gasteiger partial charge in [0.25, 0.3) is 11.8 Å². The summed E-state index contributed by atoms with van der Waals surface area (Å²) in [6.07, 6.45) is 2.70. The number of nitrogens with one attached hydrogen (secondary N) is 2. The molecular weight excluding hydrogens is 378 g/mol. The number of benzene rings is 1. The molecule has 0 aliphatic rings. The number of halogens is 2. The van der Waals surface area contributed by atoms with E-state index in [1.165, 1.54) is 43.7 Å². The van der Waals surface area contributed by atoms with Crippen LogP contribution in [0.5, 0.6) is 0 Å². The number of nitrogens with zero attached hydrogens (tertiary/aromatic N) is 2. The lowest BCUT2D eigenvalue weighted by atomic mass is 10.0. The third-order valence-electron chi connectivity index (χ3n) is 4.29. The first-order valence-electron chi connectivity index (χ1n) is 8.77. The minimum absolute atomic E-state index is 0.0239. The van der Waals surface area contributed by atoms with Crippen LogP contribution < -0.4 is 10.6 Å². The Morgan fingerprint density at radius 3 is 2.38 bits per heavy atom. The maximum Gasteiger partial charge on any atom is 0.270 e. The molecule has 3 rings (SSSR count). The number of amides is 2. The highest BCUT2D eigenvalue weighted by molar-refractivity contribution is 5.96. The Morgan fingerprint density at radius 1 is 1.03 bits per heavy atom. The van der Waals surface area contributed by atoms with Crippen molar-refractivity contribution in [1.29, 1.82) is 0 Å². The number of hydrogen-bond acceptors (Lipinski definition) is 4. The fraction of sp³-hybridized carbons (Fsp3) is 0.143. The summed E-state index contributed by atoms with van der Waals surface area (Å²) in [5, 5.41) is 5.17. The number of alkyl halides is 1. The number of hydrogen-bond donors (Lipinski definition) is 2. The number of carbonyl (C=O) groups excluding carboxylic acids is 2. The molecule has 8 heteroatoms. The van der Waals surface area contributed by atoms with E-state index in [0.717, 1.165) is 0 Å². The highest BCUT2D eigenvalue weighted by atomic mass is 19.1. The Bertz CT molecular complexity index is 1010. The van der Waals surface area contributed by atoms with E-state index in [9.17, 15) is 18.4 Å². The van der Waals surface area contributed by atoms with Crippen LogP contribution in [0.3, 0.4) is 0 Å². The molecule has 0 radical (unpaired) electrons. The van der Waals surface area contributed by atoms with Gasteiger partial charge in [-0.05, 0) is 35.4 Å². The smallest absolute Gasteiger partial charge is 0.270 e. The lowest BCUT2D eigenvalue weighted by molar-refractivity contribution is 0.0931. The zero-order valence-corrected chi connectivity index (χ0v) is 15.5. The van der Waals surface area contributed by atoms with Crippen molar-refractivity contribution in [2.45, 2.75) is 12.7 Å². The van der Waals surface area contributed by atoms with Gasteiger partial charge in [-0.3, -0.25) is 19.6 Å². The molecule has 0 aliphatic heterocycles. The predicted molar refractivity (Wildman–Crippen MR) is 102 cm³/mol. The summed E-state index contributed by atoms with van der Waals surface area (Å²) in [5.41, 5.74) is 1.38. The average molecular weight is 396 g/mol. The molecule has 1 atom stereocenters. The fourth-order valence-corrected chi connectivity index (χ4v) is 2.73. The first-order chi connectivity index (χ1) is 14.0. The Balaban J connectivity index is 1.91. The standard InChI is InChI=1S/C21H18F2N4O2/c1-24-20(28)15-8-9-17(26-12-15)21(29)27-18(19-16(23)3-2-10-25-19)14-6-4-13(11-22)5-7-14/h2-10,12,18H,11H2,1H3,(H,24,28)(H,27,29)/t18-/m0/s1. The Morgan fingerprint density at radius 2 is 1.79 bits per heavy atom. The molecule has 2 aromatic heterocycles. The van der Waals surface area contributed by atoms with Gasteiger partial charge in [-0.15, -0.1) is 0 Å². The summed E-state index contributed by atoms with van der Waals surface area (Å²) in [5.74, 6) is -1.49. The van der Waals surface area contributed by atoms with Crippen molar-refractivity contribution in [1.82, 2.24) is 20.6 Å². The SMILES string of the molecule is CNC(=O)c1ccc(C(=O)N[C@@H](c2ccc(CF)cc2)c2ncccc2F)nc1. The van der Waals surface area contributed by atoms with E-state index in [0.29, 0.717) is 16.7 Å². The molecule has 29 heavy (non-hydrogen) atoms. The first-order valence-corrected chi connectivity index (χ1v) is 8.77. The number of rotatable bonds is 6. The molecule has 0 aliphatic carbocycles. The summed E-state index contributed by atoms with van der Waals surface area (Å²) >= 11 is 0. The van der Waals surface area contributed by atoms with Crippen molar-refractivity contribution in [2.75, 3.05) is 7.05 Å². The molecule has 2 amide bonds. The molecule has 0 saturated carbocycles. The molecule has 0 unspecified atom stereocenters. The van der Waals surface area contributed by atoms with Crippen molar-refractivity contribution < 1.29 is 18.4 Å². The predicted octanol–water partition coefficient (Wildman–Crippen LogP) is 2.96. The molecule has 6 nitrogen and oxygen atoms in total. The zero-order valence-electron chi connectivity index (χ0n) is 15.5. The Hall–Kier alpha value is -3.68. The van der Waals surface area contributed by atoms with Crippen LogP contribution >= 0.6 is 0 Å². The van der Waals surface area contributed by atoms with E-state index in [1.54, 1.807) is 24.3 Å². The van der Waals surface area contributed by atoms with Crippen LogP contribution in [0.25, 0.3) is 0 Å². The van der Waals surface area contributed by atoms with E-state index >= 15 is 0 Å². The van der Waals surface area contributed by atoms with Crippen LogP contribution in [0.15, 0.2) is 60.9 Å². The molecule has 0 spiro atoms. The topological polar surface area (TPSA) is 84.0 Å². The Kier molecular flexibility index (Phi) is 6.23. The van der Waals surface area contributed by atoms with Crippen LogP contribution in [0.4, 0.5) is 8.78 Å². The van der Waals surface area contributed by atoms with Crippen LogP contribution in [0.1, 0.15) is 43.7 Å². The van der Waals surface area contributed by atoms with Gasteiger partial charge in [-0.1, -0.05) is 24.3 Å². The molecule has 3 aromatic rings. The maximum absolute atomic E-state index is 14.4. The molecule has 0 bridgehead atoms. The summed E-state index contributed by atoms with van der Waals surface area (Å²) in [7, 11) is 1.49. The largest absolute Gasteiger partial charge is 0.355 e. The van der Waals surface area contributed by atoms with Gasteiger partial charge in [-0.2, -0.15) is 0 Å². The molecule has 1 aromatic carbocycles. The monoisotopic (exact) mass is 396 g/mol. The van der Waals surface area contributed by atoms with Crippen molar-refractivity contribution in [2.24, 2.45) is 0 Å². The van der Waals surface area contributed by atoms with Crippen LogP contribution in [0.2, 0.25) is 0 Å².